The maximum absolute atomic E-state index is 12.9. The van der Waals surface area contributed by atoms with Gasteiger partial charge < -0.3 is 10.2 Å². The molecule has 134 valence electrons. The van der Waals surface area contributed by atoms with Crippen LogP contribution in [0.2, 0.25) is 0 Å². The summed E-state index contributed by atoms with van der Waals surface area (Å²) in [4.78, 5) is 28.9. The van der Waals surface area contributed by atoms with E-state index < -0.39 is 0 Å². The normalized spacial score (nSPS) is 27.0. The maximum Gasteiger partial charge on any atom is 0.253 e. The highest BCUT2D eigenvalue weighted by Gasteiger charge is 2.45. The van der Waals surface area contributed by atoms with Crippen molar-refractivity contribution in [2.45, 2.75) is 38.6 Å². The van der Waals surface area contributed by atoms with Gasteiger partial charge in [0.1, 0.15) is 0 Å². The van der Waals surface area contributed by atoms with E-state index in [0.717, 1.165) is 38.2 Å². The van der Waals surface area contributed by atoms with Crippen molar-refractivity contribution >= 4 is 11.8 Å². The van der Waals surface area contributed by atoms with E-state index in [1.54, 1.807) is 0 Å². The zero-order chi connectivity index (χ0) is 17.3. The van der Waals surface area contributed by atoms with Gasteiger partial charge in [0.05, 0.1) is 0 Å². The second kappa shape index (κ2) is 6.79. The first-order valence-corrected chi connectivity index (χ1v) is 9.51. The van der Waals surface area contributed by atoms with Crippen LogP contribution >= 0.6 is 0 Å². The van der Waals surface area contributed by atoms with Crippen LogP contribution in [0.5, 0.6) is 0 Å². The van der Waals surface area contributed by atoms with Crippen LogP contribution in [0.4, 0.5) is 0 Å². The molecule has 3 aliphatic heterocycles. The topological polar surface area (TPSA) is 52.7 Å². The molecule has 3 saturated heterocycles. The smallest absolute Gasteiger partial charge is 0.253 e. The van der Waals surface area contributed by atoms with Crippen molar-refractivity contribution in [1.29, 1.82) is 0 Å². The third kappa shape index (κ3) is 3.56. The van der Waals surface area contributed by atoms with Crippen LogP contribution < -0.4 is 5.32 Å². The minimum atomic E-state index is -0.0296. The number of hydrogen-bond acceptors (Lipinski definition) is 3. The third-order valence-electron chi connectivity index (χ3n) is 5.95. The molecule has 1 N–H and O–H groups in total. The van der Waals surface area contributed by atoms with E-state index >= 15 is 0 Å². The summed E-state index contributed by atoms with van der Waals surface area (Å²) in [7, 11) is 0. The van der Waals surface area contributed by atoms with Gasteiger partial charge in [-0.1, -0.05) is 18.6 Å². The van der Waals surface area contributed by atoms with E-state index in [4.69, 9.17) is 0 Å². The van der Waals surface area contributed by atoms with Crippen molar-refractivity contribution < 1.29 is 9.59 Å². The predicted molar refractivity (Wildman–Crippen MR) is 96.2 cm³/mol. The lowest BCUT2D eigenvalue weighted by Gasteiger charge is -2.26. The summed E-state index contributed by atoms with van der Waals surface area (Å²) in [6, 6.07) is 8.10. The zero-order valence-corrected chi connectivity index (χ0v) is 14.8. The molecule has 1 unspecified atom stereocenters. The molecule has 3 heterocycles. The van der Waals surface area contributed by atoms with Crippen molar-refractivity contribution in [2.24, 2.45) is 5.41 Å². The third-order valence-corrected chi connectivity index (χ3v) is 5.95. The fourth-order valence-corrected chi connectivity index (χ4v) is 4.51. The van der Waals surface area contributed by atoms with E-state index in [1.807, 2.05) is 17.0 Å². The van der Waals surface area contributed by atoms with Crippen LogP contribution in [-0.4, -0.2) is 54.3 Å². The Hall–Kier alpha value is -1.88. The number of piperidine rings is 1. The van der Waals surface area contributed by atoms with Crippen molar-refractivity contribution in [3.8, 4) is 0 Å². The minimum Gasteiger partial charge on any atom is -0.355 e. The molecule has 5 heteroatoms. The monoisotopic (exact) mass is 341 g/mol. The van der Waals surface area contributed by atoms with Crippen LogP contribution in [-0.2, 0) is 11.3 Å². The van der Waals surface area contributed by atoms with Gasteiger partial charge in [-0.25, -0.2) is 0 Å². The molecule has 0 saturated carbocycles. The van der Waals surface area contributed by atoms with Gasteiger partial charge in [-0.15, -0.1) is 0 Å². The first kappa shape index (κ1) is 16.6. The number of nitrogens with zero attached hydrogens (tertiary/aromatic N) is 2. The molecule has 1 aromatic rings. The minimum absolute atomic E-state index is 0.0296. The van der Waals surface area contributed by atoms with Gasteiger partial charge >= 0.3 is 0 Å². The second-order valence-corrected chi connectivity index (χ2v) is 7.97. The van der Waals surface area contributed by atoms with Gasteiger partial charge in [0.2, 0.25) is 5.91 Å². The highest BCUT2D eigenvalue weighted by atomic mass is 16.2. The molecule has 3 aliphatic rings. The lowest BCUT2D eigenvalue weighted by molar-refractivity contribution is -0.119. The second-order valence-electron chi connectivity index (χ2n) is 7.97. The first-order valence-electron chi connectivity index (χ1n) is 9.51. The van der Waals surface area contributed by atoms with E-state index in [-0.39, 0.29) is 17.2 Å². The molecule has 1 aromatic carbocycles. The Morgan fingerprint density at radius 3 is 2.76 bits per heavy atom. The Kier molecular flexibility index (Phi) is 4.50. The Balaban J connectivity index is 1.42. The van der Waals surface area contributed by atoms with Crippen molar-refractivity contribution in [3.63, 3.8) is 0 Å². The quantitative estimate of drug-likeness (QED) is 0.915. The van der Waals surface area contributed by atoms with Crippen LogP contribution in [0.1, 0.15) is 48.0 Å². The van der Waals surface area contributed by atoms with Gasteiger partial charge in [-0.3, -0.25) is 14.5 Å². The number of likely N-dealkylation sites (tertiary alicyclic amines) is 2. The van der Waals surface area contributed by atoms with E-state index in [9.17, 15) is 9.59 Å². The number of rotatable bonds is 3. The molecule has 3 fully saturated rings. The van der Waals surface area contributed by atoms with Gasteiger partial charge in [-0.2, -0.15) is 0 Å². The molecule has 25 heavy (non-hydrogen) atoms. The van der Waals surface area contributed by atoms with Crippen LogP contribution in [0.25, 0.3) is 0 Å². The average molecular weight is 341 g/mol. The van der Waals surface area contributed by atoms with E-state index in [2.05, 4.69) is 22.3 Å². The Labute approximate surface area is 149 Å². The molecule has 2 amide bonds. The molecule has 0 bridgehead atoms. The Morgan fingerprint density at radius 1 is 1.16 bits per heavy atom. The fraction of sp³-hybridized carbons (Fsp3) is 0.600. The van der Waals surface area contributed by atoms with E-state index in [1.165, 1.54) is 24.8 Å². The number of nitrogens with one attached hydrogen (secondary N) is 1. The maximum atomic E-state index is 12.9. The van der Waals surface area contributed by atoms with Crippen molar-refractivity contribution in [1.82, 2.24) is 15.1 Å². The molecule has 0 radical (unpaired) electrons. The number of benzene rings is 1. The summed E-state index contributed by atoms with van der Waals surface area (Å²) in [5.74, 6) is 0.231. The zero-order valence-electron chi connectivity index (χ0n) is 14.8. The summed E-state index contributed by atoms with van der Waals surface area (Å²) in [5.41, 5.74) is 1.97. The molecule has 1 atom stereocenters. The van der Waals surface area contributed by atoms with Crippen LogP contribution in [0, 0.1) is 5.41 Å². The molecule has 5 nitrogen and oxygen atoms in total. The first-order chi connectivity index (χ1) is 12.1. The average Bonchev–Trinajstić information content (AvgIpc) is 3.21. The highest BCUT2D eigenvalue weighted by molar-refractivity contribution is 5.94. The molecule has 0 aromatic heterocycles. The number of carbonyl (C=O) groups is 2. The SMILES string of the molecule is O=C1CC2(CCN(C(=O)c3cccc(CN4CCCCC4)c3)C2)CN1. The summed E-state index contributed by atoms with van der Waals surface area (Å²) in [6.45, 7) is 5.42. The summed E-state index contributed by atoms with van der Waals surface area (Å²) < 4.78 is 0. The number of carbonyl (C=O) groups excluding carboxylic acids is 2. The number of hydrogen-bond donors (Lipinski definition) is 1. The van der Waals surface area contributed by atoms with Gasteiger partial charge in [0.15, 0.2) is 0 Å². The standard InChI is InChI=1S/C20H27N3O2/c24-18-12-20(14-21-18)7-10-23(15-20)19(25)17-6-4-5-16(11-17)13-22-8-2-1-3-9-22/h4-6,11H,1-3,7-10,12-15H2,(H,21,24). The van der Waals surface area contributed by atoms with Gasteiger partial charge in [-0.05, 0) is 50.0 Å². The lowest BCUT2D eigenvalue weighted by atomic mass is 9.86. The summed E-state index contributed by atoms with van der Waals surface area (Å²) in [5, 5.41) is 2.92. The number of amides is 2. The fourth-order valence-electron chi connectivity index (χ4n) is 4.51. The Morgan fingerprint density at radius 2 is 2.00 bits per heavy atom. The molecular formula is C20H27N3O2. The van der Waals surface area contributed by atoms with Crippen LogP contribution in [0.15, 0.2) is 24.3 Å². The van der Waals surface area contributed by atoms with Crippen molar-refractivity contribution in [2.75, 3.05) is 32.7 Å². The lowest BCUT2D eigenvalue weighted by Crippen LogP contribution is -2.33. The van der Waals surface area contributed by atoms with Crippen LogP contribution in [0.3, 0.4) is 0 Å². The highest BCUT2D eigenvalue weighted by Crippen LogP contribution is 2.37. The summed E-state index contributed by atoms with van der Waals surface area (Å²) >= 11 is 0. The molecule has 0 aliphatic carbocycles. The molecular weight excluding hydrogens is 314 g/mol. The van der Waals surface area contributed by atoms with Crippen molar-refractivity contribution in [3.05, 3.63) is 35.4 Å². The van der Waals surface area contributed by atoms with E-state index in [0.29, 0.717) is 19.5 Å². The van der Waals surface area contributed by atoms with Gasteiger partial charge in [0, 0.05) is 43.6 Å². The molecule has 4 rings (SSSR count). The Bertz CT molecular complexity index is 669. The van der Waals surface area contributed by atoms with Gasteiger partial charge in [0.25, 0.3) is 5.91 Å². The predicted octanol–water partition coefficient (Wildman–Crippen LogP) is 2.02. The molecule has 1 spiro atoms. The summed E-state index contributed by atoms with van der Waals surface area (Å²) in [6.07, 6.45) is 5.38. The largest absolute Gasteiger partial charge is 0.355 e.